The van der Waals surface area contributed by atoms with E-state index in [0.29, 0.717) is 6.54 Å². The quantitative estimate of drug-likeness (QED) is 0.679. The Bertz CT molecular complexity index is 288. The van der Waals surface area contributed by atoms with Crippen molar-refractivity contribution in [3.63, 3.8) is 0 Å². The SMILES string of the molecule is CC(=CC(=O)O)Cn1ccnc1. The third-order valence-corrected chi connectivity index (χ3v) is 1.36. The molecule has 1 aromatic rings. The van der Waals surface area contributed by atoms with Crippen molar-refractivity contribution < 1.29 is 9.90 Å². The molecule has 0 aliphatic heterocycles. The van der Waals surface area contributed by atoms with E-state index in [9.17, 15) is 4.79 Å². The van der Waals surface area contributed by atoms with Crippen LogP contribution in [0.25, 0.3) is 0 Å². The molecule has 4 nitrogen and oxygen atoms in total. The molecule has 1 aromatic heterocycles. The van der Waals surface area contributed by atoms with Gasteiger partial charge in [-0.1, -0.05) is 0 Å². The van der Waals surface area contributed by atoms with Gasteiger partial charge in [0.2, 0.25) is 0 Å². The normalized spacial score (nSPS) is 11.6. The van der Waals surface area contributed by atoms with Crippen molar-refractivity contribution in [3.8, 4) is 0 Å². The van der Waals surface area contributed by atoms with Crippen molar-refractivity contribution in [1.82, 2.24) is 9.55 Å². The summed E-state index contributed by atoms with van der Waals surface area (Å²) < 4.78 is 1.81. The maximum absolute atomic E-state index is 10.2. The van der Waals surface area contributed by atoms with Gasteiger partial charge in [0.15, 0.2) is 0 Å². The molecular formula is C8H10N2O2. The monoisotopic (exact) mass is 166 g/mol. The molecule has 1 N–H and O–H groups in total. The van der Waals surface area contributed by atoms with Crippen LogP contribution in [-0.4, -0.2) is 20.6 Å². The first kappa shape index (κ1) is 8.52. The third-order valence-electron chi connectivity index (χ3n) is 1.36. The number of carboxylic acid groups (broad SMARTS) is 1. The molecular weight excluding hydrogens is 156 g/mol. The summed E-state index contributed by atoms with van der Waals surface area (Å²) in [7, 11) is 0. The Morgan fingerprint density at radius 3 is 3.00 bits per heavy atom. The van der Waals surface area contributed by atoms with E-state index >= 15 is 0 Å². The summed E-state index contributed by atoms with van der Waals surface area (Å²) in [5, 5.41) is 8.41. The lowest BCUT2D eigenvalue weighted by atomic mass is 10.3. The molecule has 0 aliphatic rings. The van der Waals surface area contributed by atoms with Crippen molar-refractivity contribution in [2.75, 3.05) is 0 Å². The Labute approximate surface area is 70.2 Å². The number of rotatable bonds is 3. The van der Waals surface area contributed by atoms with Gasteiger partial charge in [0, 0.05) is 25.0 Å². The first-order valence-corrected chi connectivity index (χ1v) is 3.54. The molecule has 64 valence electrons. The summed E-state index contributed by atoms with van der Waals surface area (Å²) >= 11 is 0. The predicted molar refractivity (Wildman–Crippen MR) is 43.6 cm³/mol. The van der Waals surface area contributed by atoms with Gasteiger partial charge in [0.05, 0.1) is 6.33 Å². The van der Waals surface area contributed by atoms with Crippen LogP contribution in [0.4, 0.5) is 0 Å². The zero-order valence-electron chi connectivity index (χ0n) is 6.77. The molecule has 0 saturated carbocycles. The van der Waals surface area contributed by atoms with Crippen LogP contribution in [0.1, 0.15) is 6.92 Å². The van der Waals surface area contributed by atoms with Crippen molar-refractivity contribution in [2.24, 2.45) is 0 Å². The van der Waals surface area contributed by atoms with E-state index < -0.39 is 5.97 Å². The summed E-state index contributed by atoms with van der Waals surface area (Å²) in [6, 6.07) is 0. The number of hydrogen-bond acceptors (Lipinski definition) is 2. The number of carboxylic acids is 1. The number of nitrogens with zero attached hydrogens (tertiary/aromatic N) is 2. The molecule has 0 aromatic carbocycles. The number of hydrogen-bond donors (Lipinski definition) is 1. The van der Waals surface area contributed by atoms with Crippen LogP contribution >= 0.6 is 0 Å². The van der Waals surface area contributed by atoms with Crippen LogP contribution in [0.3, 0.4) is 0 Å². The van der Waals surface area contributed by atoms with Crippen LogP contribution in [0.2, 0.25) is 0 Å². The maximum Gasteiger partial charge on any atom is 0.328 e. The molecule has 0 fully saturated rings. The van der Waals surface area contributed by atoms with Gasteiger partial charge in [-0.25, -0.2) is 9.78 Å². The zero-order chi connectivity index (χ0) is 8.97. The summed E-state index contributed by atoms with van der Waals surface area (Å²) in [4.78, 5) is 14.1. The minimum atomic E-state index is -0.910. The Balaban J connectivity index is 2.58. The Morgan fingerprint density at radius 1 is 1.75 bits per heavy atom. The van der Waals surface area contributed by atoms with Crippen molar-refractivity contribution in [2.45, 2.75) is 13.5 Å². The number of allylic oxidation sites excluding steroid dienone is 1. The molecule has 0 aliphatic carbocycles. The minimum absolute atomic E-state index is 0.576. The summed E-state index contributed by atoms with van der Waals surface area (Å²) in [6.07, 6.45) is 6.30. The minimum Gasteiger partial charge on any atom is -0.478 e. The summed E-state index contributed by atoms with van der Waals surface area (Å²) in [5.41, 5.74) is 0.792. The Kier molecular flexibility index (Phi) is 2.63. The van der Waals surface area contributed by atoms with E-state index in [1.165, 1.54) is 6.08 Å². The maximum atomic E-state index is 10.2. The second-order valence-corrected chi connectivity index (χ2v) is 2.56. The van der Waals surface area contributed by atoms with Gasteiger partial charge in [-0.2, -0.15) is 0 Å². The number of carbonyl (C=O) groups is 1. The van der Waals surface area contributed by atoms with E-state index in [4.69, 9.17) is 5.11 Å². The molecule has 1 heterocycles. The number of aromatic nitrogens is 2. The van der Waals surface area contributed by atoms with E-state index in [-0.39, 0.29) is 0 Å². The lowest BCUT2D eigenvalue weighted by Gasteiger charge is -1.99. The second kappa shape index (κ2) is 3.71. The van der Waals surface area contributed by atoms with Gasteiger partial charge in [-0.05, 0) is 12.5 Å². The van der Waals surface area contributed by atoms with Crippen LogP contribution < -0.4 is 0 Å². The van der Waals surface area contributed by atoms with Crippen molar-refractivity contribution >= 4 is 5.97 Å². The fourth-order valence-corrected chi connectivity index (χ4v) is 0.925. The highest BCUT2D eigenvalue weighted by Gasteiger charge is 1.94. The van der Waals surface area contributed by atoms with Gasteiger partial charge >= 0.3 is 5.97 Å². The van der Waals surface area contributed by atoms with E-state index in [1.807, 2.05) is 4.57 Å². The molecule has 0 amide bonds. The van der Waals surface area contributed by atoms with E-state index in [0.717, 1.165) is 5.57 Å². The van der Waals surface area contributed by atoms with Gasteiger partial charge in [0.1, 0.15) is 0 Å². The smallest absolute Gasteiger partial charge is 0.328 e. The van der Waals surface area contributed by atoms with Gasteiger partial charge in [-0.15, -0.1) is 0 Å². The number of imidazole rings is 1. The molecule has 0 atom stereocenters. The van der Waals surface area contributed by atoms with Crippen molar-refractivity contribution in [3.05, 3.63) is 30.4 Å². The molecule has 0 bridgehead atoms. The molecule has 12 heavy (non-hydrogen) atoms. The van der Waals surface area contributed by atoms with Gasteiger partial charge in [-0.3, -0.25) is 0 Å². The molecule has 0 saturated heterocycles. The van der Waals surface area contributed by atoms with Crippen molar-refractivity contribution in [1.29, 1.82) is 0 Å². The summed E-state index contributed by atoms with van der Waals surface area (Å²) in [6.45, 7) is 2.35. The fraction of sp³-hybridized carbons (Fsp3) is 0.250. The molecule has 0 radical (unpaired) electrons. The third kappa shape index (κ3) is 2.57. The lowest BCUT2D eigenvalue weighted by molar-refractivity contribution is -0.131. The molecule has 4 heteroatoms. The first-order valence-electron chi connectivity index (χ1n) is 3.54. The van der Waals surface area contributed by atoms with E-state index in [1.54, 1.807) is 25.6 Å². The highest BCUT2D eigenvalue weighted by molar-refractivity contribution is 5.80. The highest BCUT2D eigenvalue weighted by Crippen LogP contribution is 1.97. The van der Waals surface area contributed by atoms with E-state index in [2.05, 4.69) is 4.98 Å². The molecule has 0 spiro atoms. The van der Waals surface area contributed by atoms with Crippen LogP contribution in [0.15, 0.2) is 30.4 Å². The van der Waals surface area contributed by atoms with Gasteiger partial charge < -0.3 is 9.67 Å². The predicted octanol–water partition coefficient (Wildman–Crippen LogP) is 0.914. The topological polar surface area (TPSA) is 55.1 Å². The van der Waals surface area contributed by atoms with Crippen LogP contribution in [-0.2, 0) is 11.3 Å². The Morgan fingerprint density at radius 2 is 2.50 bits per heavy atom. The Hall–Kier alpha value is -1.58. The number of aliphatic carboxylic acids is 1. The standard InChI is InChI=1S/C8H10N2O2/c1-7(4-8(11)12)5-10-3-2-9-6-10/h2-4,6H,5H2,1H3,(H,11,12). The van der Waals surface area contributed by atoms with Gasteiger partial charge in [0.25, 0.3) is 0 Å². The average Bonchev–Trinajstić information content (AvgIpc) is 2.37. The average molecular weight is 166 g/mol. The zero-order valence-corrected chi connectivity index (χ0v) is 6.77. The van der Waals surface area contributed by atoms with Crippen LogP contribution in [0.5, 0.6) is 0 Å². The largest absolute Gasteiger partial charge is 0.478 e. The first-order chi connectivity index (χ1) is 5.68. The highest BCUT2D eigenvalue weighted by atomic mass is 16.4. The summed E-state index contributed by atoms with van der Waals surface area (Å²) in [5.74, 6) is -0.910. The van der Waals surface area contributed by atoms with Crippen LogP contribution in [0, 0.1) is 0 Å². The lowest BCUT2D eigenvalue weighted by Crippen LogP contribution is -1.98. The fourth-order valence-electron chi connectivity index (χ4n) is 0.925. The molecule has 1 rings (SSSR count). The molecule has 0 unspecified atom stereocenters. The second-order valence-electron chi connectivity index (χ2n) is 2.56.